The molecular formula is C20H32N4O. The molecule has 0 N–H and O–H groups in total. The van der Waals surface area contributed by atoms with Crippen LogP contribution in [0.3, 0.4) is 0 Å². The van der Waals surface area contributed by atoms with E-state index in [9.17, 15) is 4.79 Å². The largest absolute Gasteiger partial charge is 0.342 e. The van der Waals surface area contributed by atoms with Crippen LogP contribution >= 0.6 is 0 Å². The molecule has 1 aliphatic heterocycles. The molecule has 1 aromatic heterocycles. The van der Waals surface area contributed by atoms with E-state index in [1.165, 1.54) is 12.8 Å². The molecule has 0 spiro atoms. The van der Waals surface area contributed by atoms with E-state index in [1.807, 2.05) is 18.3 Å². The van der Waals surface area contributed by atoms with Crippen LogP contribution in [-0.2, 0) is 11.3 Å². The summed E-state index contributed by atoms with van der Waals surface area (Å²) >= 11 is 0. The normalized spacial score (nSPS) is 21.6. The second-order valence-electron chi connectivity index (χ2n) is 7.50. The van der Waals surface area contributed by atoms with E-state index < -0.39 is 0 Å². The van der Waals surface area contributed by atoms with Crippen molar-refractivity contribution in [3.05, 3.63) is 30.1 Å². The first-order valence-electron chi connectivity index (χ1n) is 9.79. The Balaban J connectivity index is 1.48. The zero-order chi connectivity index (χ0) is 17.6. The first-order chi connectivity index (χ1) is 12.2. The van der Waals surface area contributed by atoms with E-state index in [0.29, 0.717) is 24.5 Å². The van der Waals surface area contributed by atoms with E-state index in [0.717, 1.165) is 51.1 Å². The summed E-state index contributed by atoms with van der Waals surface area (Å²) in [6.45, 7) is 6.43. The molecule has 0 unspecified atom stereocenters. The number of hydrogen-bond donors (Lipinski definition) is 0. The number of hydrogen-bond acceptors (Lipinski definition) is 4. The number of likely N-dealkylation sites (N-methyl/N-ethyl adjacent to an activating group) is 1. The molecule has 138 valence electrons. The molecule has 0 bridgehead atoms. The summed E-state index contributed by atoms with van der Waals surface area (Å²) in [4.78, 5) is 24.0. The summed E-state index contributed by atoms with van der Waals surface area (Å²) in [5.41, 5.74) is 1.12. The highest BCUT2D eigenvalue weighted by atomic mass is 16.2. The van der Waals surface area contributed by atoms with Gasteiger partial charge in [-0.2, -0.15) is 0 Å². The fraction of sp³-hybridized carbons (Fsp3) is 0.700. The maximum atomic E-state index is 12.7. The van der Waals surface area contributed by atoms with Gasteiger partial charge in [-0.1, -0.05) is 13.0 Å². The summed E-state index contributed by atoms with van der Waals surface area (Å²) in [6.07, 6.45) is 7.70. The minimum Gasteiger partial charge on any atom is -0.342 e. The molecule has 1 atom stereocenters. The molecule has 1 saturated heterocycles. The van der Waals surface area contributed by atoms with Gasteiger partial charge >= 0.3 is 0 Å². The fourth-order valence-electron chi connectivity index (χ4n) is 3.86. The first kappa shape index (κ1) is 18.3. The van der Waals surface area contributed by atoms with Crippen LogP contribution in [0.15, 0.2) is 24.4 Å². The Morgan fingerprint density at radius 3 is 2.72 bits per heavy atom. The van der Waals surface area contributed by atoms with Crippen molar-refractivity contribution in [2.24, 2.45) is 0 Å². The highest BCUT2D eigenvalue weighted by Crippen LogP contribution is 2.26. The smallest absolute Gasteiger partial charge is 0.236 e. The van der Waals surface area contributed by atoms with Gasteiger partial charge < -0.3 is 4.90 Å². The number of carbonyl (C=O) groups is 1. The molecule has 5 heteroatoms. The van der Waals surface area contributed by atoms with E-state index in [4.69, 9.17) is 0 Å². The lowest BCUT2D eigenvalue weighted by molar-refractivity contribution is -0.132. The predicted octanol–water partition coefficient (Wildman–Crippen LogP) is 2.38. The van der Waals surface area contributed by atoms with Crippen LogP contribution < -0.4 is 0 Å². The van der Waals surface area contributed by atoms with Gasteiger partial charge in [-0.15, -0.1) is 0 Å². The van der Waals surface area contributed by atoms with E-state index in [-0.39, 0.29) is 0 Å². The summed E-state index contributed by atoms with van der Waals surface area (Å²) in [5, 5.41) is 0. The van der Waals surface area contributed by atoms with Crippen LogP contribution in [0.5, 0.6) is 0 Å². The van der Waals surface area contributed by atoms with Gasteiger partial charge in [0.1, 0.15) is 0 Å². The average molecular weight is 345 g/mol. The second kappa shape index (κ2) is 8.77. The molecule has 0 radical (unpaired) electrons. The Labute approximate surface area is 152 Å². The maximum absolute atomic E-state index is 12.7. The lowest BCUT2D eigenvalue weighted by atomic mass is 10.1. The minimum absolute atomic E-state index is 0.321. The van der Waals surface area contributed by atoms with Crippen molar-refractivity contribution in [2.45, 2.75) is 57.7 Å². The molecule has 2 fully saturated rings. The summed E-state index contributed by atoms with van der Waals surface area (Å²) in [7, 11) is 2.18. The lowest BCUT2D eigenvalue weighted by Gasteiger charge is -2.28. The van der Waals surface area contributed by atoms with E-state index >= 15 is 0 Å². The molecule has 5 nitrogen and oxygen atoms in total. The Hall–Kier alpha value is -1.46. The van der Waals surface area contributed by atoms with Crippen LogP contribution in [0.25, 0.3) is 0 Å². The number of aromatic nitrogens is 1. The predicted molar refractivity (Wildman–Crippen MR) is 100 cm³/mol. The third-order valence-corrected chi connectivity index (χ3v) is 5.62. The Kier molecular flexibility index (Phi) is 6.43. The number of likely N-dealkylation sites (tertiary alicyclic amines) is 1. The molecule has 1 saturated carbocycles. The minimum atomic E-state index is 0.321. The molecule has 0 aromatic carbocycles. The molecule has 25 heavy (non-hydrogen) atoms. The summed E-state index contributed by atoms with van der Waals surface area (Å²) in [5.74, 6) is 0.321. The van der Waals surface area contributed by atoms with Gasteiger partial charge in [-0.3, -0.25) is 19.6 Å². The Morgan fingerprint density at radius 1 is 1.20 bits per heavy atom. The van der Waals surface area contributed by atoms with Crippen LogP contribution in [0.4, 0.5) is 0 Å². The SMILES string of the molecule is CCN(CC(=O)N1CCC[C@@H](N(C)Cc2ccccn2)CC1)C1CC1. The van der Waals surface area contributed by atoms with Gasteiger partial charge in [0.2, 0.25) is 5.91 Å². The van der Waals surface area contributed by atoms with Crippen molar-refractivity contribution >= 4 is 5.91 Å². The van der Waals surface area contributed by atoms with Crippen LogP contribution in [0.2, 0.25) is 0 Å². The number of pyridine rings is 1. The third-order valence-electron chi connectivity index (χ3n) is 5.62. The maximum Gasteiger partial charge on any atom is 0.236 e. The van der Waals surface area contributed by atoms with Crippen molar-refractivity contribution in [3.8, 4) is 0 Å². The molecule has 3 rings (SSSR count). The van der Waals surface area contributed by atoms with Gasteiger partial charge in [0.15, 0.2) is 0 Å². The molecule has 2 heterocycles. The number of nitrogens with zero attached hydrogens (tertiary/aromatic N) is 4. The van der Waals surface area contributed by atoms with Crippen molar-refractivity contribution in [2.75, 3.05) is 33.2 Å². The van der Waals surface area contributed by atoms with E-state index in [2.05, 4.69) is 39.7 Å². The summed E-state index contributed by atoms with van der Waals surface area (Å²) in [6, 6.07) is 7.28. The second-order valence-corrected chi connectivity index (χ2v) is 7.50. The zero-order valence-electron chi connectivity index (χ0n) is 15.7. The quantitative estimate of drug-likeness (QED) is 0.761. The highest BCUT2D eigenvalue weighted by Gasteiger charge is 2.31. The van der Waals surface area contributed by atoms with Gasteiger partial charge in [0.25, 0.3) is 0 Å². The standard InChI is InChI=1S/C20H32N4O/c1-3-23(19-9-10-19)16-20(25)24-13-6-8-18(11-14-24)22(2)15-17-7-4-5-12-21-17/h4-5,7,12,18-19H,3,6,8-11,13-16H2,1-2H3/t18-/m1/s1. The third kappa shape index (κ3) is 5.25. The average Bonchev–Trinajstić information content (AvgIpc) is 3.46. The molecule has 1 amide bonds. The van der Waals surface area contributed by atoms with Crippen molar-refractivity contribution in [1.82, 2.24) is 19.7 Å². The van der Waals surface area contributed by atoms with Crippen molar-refractivity contribution < 1.29 is 4.79 Å². The summed E-state index contributed by atoms with van der Waals surface area (Å²) < 4.78 is 0. The Bertz CT molecular complexity index is 546. The topological polar surface area (TPSA) is 39.7 Å². The van der Waals surface area contributed by atoms with Crippen molar-refractivity contribution in [1.29, 1.82) is 0 Å². The fourth-order valence-corrected chi connectivity index (χ4v) is 3.86. The molecule has 1 aromatic rings. The monoisotopic (exact) mass is 344 g/mol. The highest BCUT2D eigenvalue weighted by molar-refractivity contribution is 5.78. The number of amides is 1. The van der Waals surface area contributed by atoms with Gasteiger partial charge in [0, 0.05) is 37.9 Å². The number of carbonyl (C=O) groups excluding carboxylic acids is 1. The van der Waals surface area contributed by atoms with Crippen LogP contribution in [0.1, 0.15) is 44.7 Å². The lowest BCUT2D eigenvalue weighted by Crippen LogP contribution is -2.42. The number of rotatable bonds is 7. The molecule has 2 aliphatic rings. The van der Waals surface area contributed by atoms with Gasteiger partial charge in [-0.25, -0.2) is 0 Å². The zero-order valence-corrected chi connectivity index (χ0v) is 15.7. The van der Waals surface area contributed by atoms with Crippen molar-refractivity contribution in [3.63, 3.8) is 0 Å². The van der Waals surface area contributed by atoms with Crippen LogP contribution in [-0.4, -0.2) is 70.9 Å². The molecular weight excluding hydrogens is 312 g/mol. The Morgan fingerprint density at radius 2 is 2.04 bits per heavy atom. The van der Waals surface area contributed by atoms with Gasteiger partial charge in [0.05, 0.1) is 12.2 Å². The van der Waals surface area contributed by atoms with Crippen LogP contribution in [0, 0.1) is 0 Å². The molecule has 1 aliphatic carbocycles. The van der Waals surface area contributed by atoms with E-state index in [1.54, 1.807) is 0 Å². The first-order valence-corrected chi connectivity index (χ1v) is 9.79. The van der Waals surface area contributed by atoms with Gasteiger partial charge in [-0.05, 0) is 57.8 Å².